The van der Waals surface area contributed by atoms with Gasteiger partial charge in [-0.25, -0.2) is 13.1 Å². The molecule has 0 spiro atoms. The summed E-state index contributed by atoms with van der Waals surface area (Å²) in [6.45, 7) is 4.02. The molecule has 1 N–H and O–H groups in total. The summed E-state index contributed by atoms with van der Waals surface area (Å²) in [4.78, 5) is 0.353. The van der Waals surface area contributed by atoms with Crippen molar-refractivity contribution in [3.63, 3.8) is 0 Å². The Morgan fingerprint density at radius 2 is 1.95 bits per heavy atom. The molecule has 0 aliphatic heterocycles. The largest absolute Gasteiger partial charge is 0.240 e. The summed E-state index contributed by atoms with van der Waals surface area (Å²) in [6, 6.07) is 5.21. The SMILES string of the molecule is Cc1cc(S(=O)(=O)N[C@@H]2CCCC[C@H]2C)ccc1Br. The van der Waals surface area contributed by atoms with E-state index in [4.69, 9.17) is 0 Å². The molecule has 0 bridgehead atoms. The zero-order chi connectivity index (χ0) is 14.0. The summed E-state index contributed by atoms with van der Waals surface area (Å²) in [7, 11) is -3.40. The third kappa shape index (κ3) is 3.58. The number of hydrogen-bond acceptors (Lipinski definition) is 2. The fraction of sp³-hybridized carbons (Fsp3) is 0.571. The van der Waals surface area contributed by atoms with Gasteiger partial charge in [0.1, 0.15) is 0 Å². The van der Waals surface area contributed by atoms with Gasteiger partial charge in [-0.15, -0.1) is 0 Å². The first kappa shape index (κ1) is 15.0. The zero-order valence-corrected chi connectivity index (χ0v) is 13.7. The molecular formula is C14H20BrNO2S. The van der Waals surface area contributed by atoms with E-state index in [1.807, 2.05) is 6.92 Å². The molecule has 19 heavy (non-hydrogen) atoms. The summed E-state index contributed by atoms with van der Waals surface area (Å²) >= 11 is 3.39. The Morgan fingerprint density at radius 3 is 2.58 bits per heavy atom. The van der Waals surface area contributed by atoms with Crippen molar-refractivity contribution in [1.29, 1.82) is 0 Å². The molecule has 1 saturated carbocycles. The van der Waals surface area contributed by atoms with Gasteiger partial charge in [0.25, 0.3) is 0 Å². The molecule has 0 unspecified atom stereocenters. The number of benzene rings is 1. The van der Waals surface area contributed by atoms with E-state index in [1.54, 1.807) is 18.2 Å². The predicted molar refractivity (Wildman–Crippen MR) is 80.6 cm³/mol. The van der Waals surface area contributed by atoms with Gasteiger partial charge < -0.3 is 0 Å². The molecule has 1 fully saturated rings. The van der Waals surface area contributed by atoms with E-state index in [0.29, 0.717) is 10.8 Å². The number of hydrogen-bond donors (Lipinski definition) is 1. The van der Waals surface area contributed by atoms with E-state index in [0.717, 1.165) is 29.3 Å². The maximum atomic E-state index is 12.4. The summed E-state index contributed by atoms with van der Waals surface area (Å²) in [6.07, 6.45) is 4.36. The van der Waals surface area contributed by atoms with Crippen LogP contribution in [0, 0.1) is 12.8 Å². The van der Waals surface area contributed by atoms with Gasteiger partial charge in [0, 0.05) is 10.5 Å². The molecule has 0 saturated heterocycles. The van der Waals surface area contributed by atoms with Gasteiger partial charge in [-0.3, -0.25) is 0 Å². The third-order valence-corrected chi connectivity index (χ3v) is 6.24. The van der Waals surface area contributed by atoms with E-state index < -0.39 is 10.0 Å². The molecule has 3 nitrogen and oxygen atoms in total. The van der Waals surface area contributed by atoms with Crippen LogP contribution in [-0.2, 0) is 10.0 Å². The second-order valence-corrected chi connectivity index (χ2v) is 7.97. The van der Waals surface area contributed by atoms with E-state index in [9.17, 15) is 8.42 Å². The third-order valence-electron chi connectivity index (χ3n) is 3.86. The highest BCUT2D eigenvalue weighted by Crippen LogP contribution is 2.26. The molecule has 1 aromatic carbocycles. The van der Waals surface area contributed by atoms with E-state index in [2.05, 4.69) is 27.6 Å². The van der Waals surface area contributed by atoms with Crippen LogP contribution in [0.15, 0.2) is 27.6 Å². The Bertz CT molecular complexity index is 557. The molecule has 0 aromatic heterocycles. The van der Waals surface area contributed by atoms with E-state index in [1.165, 1.54) is 6.42 Å². The molecule has 0 heterocycles. The van der Waals surface area contributed by atoms with Crippen molar-refractivity contribution in [2.75, 3.05) is 0 Å². The highest BCUT2D eigenvalue weighted by atomic mass is 79.9. The Hall–Kier alpha value is -0.390. The molecule has 2 rings (SSSR count). The predicted octanol–water partition coefficient (Wildman–Crippen LogP) is 3.61. The lowest BCUT2D eigenvalue weighted by molar-refractivity contribution is 0.310. The van der Waals surface area contributed by atoms with E-state index in [-0.39, 0.29) is 6.04 Å². The average Bonchev–Trinajstić information content (AvgIpc) is 2.35. The number of aryl methyl sites for hydroxylation is 1. The van der Waals surface area contributed by atoms with Gasteiger partial charge in [-0.2, -0.15) is 0 Å². The first-order valence-corrected chi connectivity index (χ1v) is 8.96. The minimum absolute atomic E-state index is 0.0719. The minimum Gasteiger partial charge on any atom is -0.208 e. The maximum absolute atomic E-state index is 12.4. The van der Waals surface area contributed by atoms with Crippen molar-refractivity contribution in [3.05, 3.63) is 28.2 Å². The van der Waals surface area contributed by atoms with Crippen LogP contribution in [0.1, 0.15) is 38.2 Å². The molecule has 1 aliphatic rings. The first-order valence-electron chi connectivity index (χ1n) is 6.68. The van der Waals surface area contributed by atoms with Gasteiger partial charge in [0.05, 0.1) is 4.90 Å². The maximum Gasteiger partial charge on any atom is 0.240 e. The average molecular weight is 346 g/mol. The summed E-state index contributed by atoms with van der Waals surface area (Å²) in [5, 5.41) is 0. The van der Waals surface area contributed by atoms with Crippen molar-refractivity contribution in [3.8, 4) is 0 Å². The Labute approximate surface area is 124 Å². The van der Waals surface area contributed by atoms with Gasteiger partial charge in [-0.1, -0.05) is 35.7 Å². The molecule has 1 aliphatic carbocycles. The second-order valence-electron chi connectivity index (χ2n) is 5.40. The van der Waals surface area contributed by atoms with Crippen molar-refractivity contribution >= 4 is 26.0 Å². The van der Waals surface area contributed by atoms with Crippen LogP contribution < -0.4 is 4.72 Å². The highest BCUT2D eigenvalue weighted by molar-refractivity contribution is 9.10. The fourth-order valence-electron chi connectivity index (χ4n) is 2.54. The molecule has 1 aromatic rings. The standard InChI is InChI=1S/C14H20BrNO2S/c1-10-5-3-4-6-14(10)16-19(17,18)12-7-8-13(15)11(2)9-12/h7-10,14,16H,3-6H2,1-2H3/t10-,14-/m1/s1. The van der Waals surface area contributed by atoms with Crippen LogP contribution >= 0.6 is 15.9 Å². The number of halogens is 1. The molecule has 0 amide bonds. The molecule has 106 valence electrons. The van der Waals surface area contributed by atoms with Crippen molar-refractivity contribution in [1.82, 2.24) is 4.72 Å². The topological polar surface area (TPSA) is 46.2 Å². The Kier molecular flexibility index (Phi) is 4.69. The zero-order valence-electron chi connectivity index (χ0n) is 11.3. The van der Waals surface area contributed by atoms with Crippen molar-refractivity contribution in [2.45, 2.75) is 50.5 Å². The summed E-state index contributed by atoms with van der Waals surface area (Å²) in [5.41, 5.74) is 0.930. The summed E-state index contributed by atoms with van der Waals surface area (Å²) < 4.78 is 28.6. The summed E-state index contributed by atoms with van der Waals surface area (Å²) in [5.74, 6) is 0.417. The molecule has 5 heteroatoms. The lowest BCUT2D eigenvalue weighted by Gasteiger charge is -2.29. The molecular weight excluding hydrogens is 326 g/mol. The Balaban J connectivity index is 2.19. The second kappa shape index (κ2) is 5.94. The van der Waals surface area contributed by atoms with Crippen LogP contribution in [0.4, 0.5) is 0 Å². The van der Waals surface area contributed by atoms with Crippen LogP contribution in [0.25, 0.3) is 0 Å². The highest BCUT2D eigenvalue weighted by Gasteiger charge is 2.26. The molecule has 0 radical (unpaired) electrons. The van der Waals surface area contributed by atoms with Crippen LogP contribution in [0.5, 0.6) is 0 Å². The first-order chi connectivity index (χ1) is 8.90. The quantitative estimate of drug-likeness (QED) is 0.909. The van der Waals surface area contributed by atoms with Gasteiger partial charge in [0.15, 0.2) is 0 Å². The van der Waals surface area contributed by atoms with Gasteiger partial charge >= 0.3 is 0 Å². The number of sulfonamides is 1. The van der Waals surface area contributed by atoms with Crippen molar-refractivity contribution in [2.24, 2.45) is 5.92 Å². The monoisotopic (exact) mass is 345 g/mol. The number of nitrogens with one attached hydrogen (secondary N) is 1. The lowest BCUT2D eigenvalue weighted by Crippen LogP contribution is -2.40. The Morgan fingerprint density at radius 1 is 1.26 bits per heavy atom. The van der Waals surface area contributed by atoms with Crippen LogP contribution in [0.3, 0.4) is 0 Å². The van der Waals surface area contributed by atoms with Crippen LogP contribution in [-0.4, -0.2) is 14.5 Å². The minimum atomic E-state index is -3.40. The fourth-order valence-corrected chi connectivity index (χ4v) is 4.25. The molecule has 2 atom stereocenters. The van der Waals surface area contributed by atoms with Gasteiger partial charge in [0.2, 0.25) is 10.0 Å². The van der Waals surface area contributed by atoms with Gasteiger partial charge in [-0.05, 0) is 49.4 Å². The normalized spacial score (nSPS) is 24.4. The van der Waals surface area contributed by atoms with Crippen LogP contribution in [0.2, 0.25) is 0 Å². The number of rotatable bonds is 3. The van der Waals surface area contributed by atoms with E-state index >= 15 is 0 Å². The lowest BCUT2D eigenvalue weighted by atomic mass is 9.87. The van der Waals surface area contributed by atoms with Crippen molar-refractivity contribution < 1.29 is 8.42 Å². The smallest absolute Gasteiger partial charge is 0.208 e.